The molecule has 1 unspecified atom stereocenters. The second-order valence-electron chi connectivity index (χ2n) is 5.00. The number of benzene rings is 1. The molecule has 0 saturated carbocycles. The van der Waals surface area contributed by atoms with Crippen molar-refractivity contribution in [3.63, 3.8) is 0 Å². The number of amides is 2. The SMILES string of the molecule is CCNC(=O)CNC(=O)C[NH+](C)Cc1cc(Cl)ccc1OC. The summed E-state index contributed by atoms with van der Waals surface area (Å²) in [5, 5.41) is 5.85. The number of carbonyl (C=O) groups is 2. The molecule has 7 heteroatoms. The summed E-state index contributed by atoms with van der Waals surface area (Å²) >= 11 is 5.99. The van der Waals surface area contributed by atoms with E-state index in [1.807, 2.05) is 20.0 Å². The van der Waals surface area contributed by atoms with Crippen molar-refractivity contribution in [1.29, 1.82) is 0 Å². The lowest BCUT2D eigenvalue weighted by Crippen LogP contribution is -3.08. The summed E-state index contributed by atoms with van der Waals surface area (Å²) in [4.78, 5) is 24.1. The number of ether oxygens (including phenoxy) is 1. The number of hydrogen-bond donors (Lipinski definition) is 3. The minimum atomic E-state index is -0.190. The van der Waals surface area contributed by atoms with E-state index < -0.39 is 0 Å². The van der Waals surface area contributed by atoms with Gasteiger partial charge < -0.3 is 20.3 Å². The molecule has 0 heterocycles. The maximum Gasteiger partial charge on any atom is 0.275 e. The molecule has 0 aliphatic carbocycles. The van der Waals surface area contributed by atoms with Gasteiger partial charge in [-0.05, 0) is 25.1 Å². The highest BCUT2D eigenvalue weighted by molar-refractivity contribution is 6.30. The molecule has 0 spiro atoms. The maximum atomic E-state index is 11.8. The van der Waals surface area contributed by atoms with Gasteiger partial charge in [0.15, 0.2) is 6.54 Å². The fraction of sp³-hybridized carbons (Fsp3) is 0.467. The Hall–Kier alpha value is -1.79. The summed E-state index contributed by atoms with van der Waals surface area (Å²) in [6, 6.07) is 5.40. The second kappa shape index (κ2) is 9.27. The monoisotopic (exact) mass is 328 g/mol. The van der Waals surface area contributed by atoms with Gasteiger partial charge in [0.25, 0.3) is 5.91 Å². The minimum absolute atomic E-state index is 0.000436. The van der Waals surface area contributed by atoms with Crippen molar-refractivity contribution < 1.29 is 19.2 Å². The zero-order chi connectivity index (χ0) is 16.5. The van der Waals surface area contributed by atoms with E-state index in [0.717, 1.165) is 16.2 Å². The van der Waals surface area contributed by atoms with E-state index in [4.69, 9.17) is 16.3 Å². The standard InChI is InChI=1S/C15H22ClN3O3/c1-4-17-14(20)8-18-15(21)10-19(2)9-11-7-12(16)5-6-13(11)22-3/h5-7H,4,8-10H2,1-3H3,(H,17,20)(H,18,21)/p+1. The third-order valence-corrected chi connectivity index (χ3v) is 3.25. The van der Waals surface area contributed by atoms with Crippen LogP contribution in [0.3, 0.4) is 0 Å². The lowest BCUT2D eigenvalue weighted by atomic mass is 10.2. The first kappa shape index (κ1) is 18.3. The number of likely N-dealkylation sites (N-methyl/N-ethyl adjacent to an activating group) is 2. The molecular weight excluding hydrogens is 306 g/mol. The summed E-state index contributed by atoms with van der Waals surface area (Å²) in [7, 11) is 3.49. The van der Waals surface area contributed by atoms with Gasteiger partial charge in [-0.1, -0.05) is 11.6 Å². The summed E-state index contributed by atoms with van der Waals surface area (Å²) in [6.45, 7) is 3.23. The van der Waals surface area contributed by atoms with E-state index in [1.165, 1.54) is 0 Å². The zero-order valence-electron chi connectivity index (χ0n) is 13.2. The number of nitrogens with one attached hydrogen (secondary N) is 3. The molecule has 0 radical (unpaired) electrons. The third-order valence-electron chi connectivity index (χ3n) is 3.02. The summed E-state index contributed by atoms with van der Waals surface area (Å²) in [6.07, 6.45) is 0. The molecule has 1 aromatic rings. The molecule has 0 saturated heterocycles. The highest BCUT2D eigenvalue weighted by Gasteiger charge is 2.14. The van der Waals surface area contributed by atoms with Crippen LogP contribution < -0.4 is 20.3 Å². The number of quaternary nitrogens is 1. The van der Waals surface area contributed by atoms with Crippen LogP contribution in [0.25, 0.3) is 0 Å². The van der Waals surface area contributed by atoms with Crippen LogP contribution in [0.5, 0.6) is 5.75 Å². The maximum absolute atomic E-state index is 11.8. The first-order valence-electron chi connectivity index (χ1n) is 7.13. The average Bonchev–Trinajstić information content (AvgIpc) is 2.45. The average molecular weight is 329 g/mol. The molecule has 0 bridgehead atoms. The normalized spacial score (nSPS) is 11.6. The van der Waals surface area contributed by atoms with E-state index in [0.29, 0.717) is 18.1 Å². The molecule has 1 aromatic carbocycles. The van der Waals surface area contributed by atoms with Gasteiger partial charge in [-0.15, -0.1) is 0 Å². The van der Waals surface area contributed by atoms with Gasteiger partial charge in [0.05, 0.1) is 20.7 Å². The lowest BCUT2D eigenvalue weighted by Gasteiger charge is -2.16. The Kier molecular flexibility index (Phi) is 7.70. The number of methoxy groups -OCH3 is 1. The Morgan fingerprint density at radius 2 is 2.00 bits per heavy atom. The van der Waals surface area contributed by atoms with Gasteiger partial charge >= 0.3 is 0 Å². The first-order chi connectivity index (χ1) is 10.5. The Bertz CT molecular complexity index is 523. The molecule has 2 amide bonds. The number of rotatable bonds is 8. The van der Waals surface area contributed by atoms with Crippen LogP contribution in [-0.4, -0.2) is 45.6 Å². The van der Waals surface area contributed by atoms with Crippen LogP contribution in [-0.2, 0) is 16.1 Å². The summed E-state index contributed by atoms with van der Waals surface area (Å²) in [5.74, 6) is 0.376. The molecular formula is C15H23ClN3O3+. The Balaban J connectivity index is 2.49. The van der Waals surface area contributed by atoms with Crippen molar-refractivity contribution in [1.82, 2.24) is 10.6 Å². The molecule has 0 fully saturated rings. The van der Waals surface area contributed by atoms with Gasteiger partial charge in [0.2, 0.25) is 5.91 Å². The van der Waals surface area contributed by atoms with E-state index in [1.54, 1.807) is 19.2 Å². The minimum Gasteiger partial charge on any atom is -0.496 e. The highest BCUT2D eigenvalue weighted by atomic mass is 35.5. The molecule has 3 N–H and O–H groups in total. The summed E-state index contributed by atoms with van der Waals surface area (Å²) in [5.41, 5.74) is 0.934. The van der Waals surface area contributed by atoms with Gasteiger partial charge in [0.1, 0.15) is 12.3 Å². The summed E-state index contributed by atoms with van der Waals surface area (Å²) < 4.78 is 5.29. The van der Waals surface area contributed by atoms with Crippen LogP contribution in [0.1, 0.15) is 12.5 Å². The van der Waals surface area contributed by atoms with Crippen molar-refractivity contribution in [3.8, 4) is 5.75 Å². The first-order valence-corrected chi connectivity index (χ1v) is 7.51. The fourth-order valence-electron chi connectivity index (χ4n) is 2.05. The molecule has 0 aliphatic heterocycles. The van der Waals surface area contributed by atoms with Gasteiger partial charge in [-0.25, -0.2) is 0 Å². The van der Waals surface area contributed by atoms with Crippen molar-refractivity contribution in [2.75, 3.05) is 33.8 Å². The van der Waals surface area contributed by atoms with Crippen molar-refractivity contribution in [2.24, 2.45) is 0 Å². The fourth-order valence-corrected chi connectivity index (χ4v) is 2.24. The van der Waals surface area contributed by atoms with E-state index in [-0.39, 0.29) is 24.9 Å². The smallest absolute Gasteiger partial charge is 0.275 e. The predicted octanol–water partition coefficient (Wildman–Crippen LogP) is -0.384. The topological polar surface area (TPSA) is 71.9 Å². The highest BCUT2D eigenvalue weighted by Crippen LogP contribution is 2.21. The molecule has 0 aliphatic rings. The van der Waals surface area contributed by atoms with Crippen LogP contribution in [0, 0.1) is 0 Å². The quantitative estimate of drug-likeness (QED) is 0.609. The molecule has 6 nitrogen and oxygen atoms in total. The second-order valence-corrected chi connectivity index (χ2v) is 5.43. The molecule has 0 aromatic heterocycles. The molecule has 1 rings (SSSR count). The Labute approximate surface area is 135 Å². The Morgan fingerprint density at radius 1 is 1.27 bits per heavy atom. The van der Waals surface area contributed by atoms with Crippen molar-refractivity contribution >= 4 is 23.4 Å². The van der Waals surface area contributed by atoms with Crippen LogP contribution in [0.15, 0.2) is 18.2 Å². The van der Waals surface area contributed by atoms with Crippen molar-refractivity contribution in [2.45, 2.75) is 13.5 Å². The predicted molar refractivity (Wildman–Crippen MR) is 85.2 cm³/mol. The van der Waals surface area contributed by atoms with Crippen molar-refractivity contribution in [3.05, 3.63) is 28.8 Å². The van der Waals surface area contributed by atoms with Gasteiger partial charge in [0, 0.05) is 17.1 Å². The van der Waals surface area contributed by atoms with E-state index >= 15 is 0 Å². The number of carbonyl (C=O) groups excluding carboxylic acids is 2. The molecule has 1 atom stereocenters. The van der Waals surface area contributed by atoms with E-state index in [2.05, 4.69) is 10.6 Å². The van der Waals surface area contributed by atoms with Gasteiger partial charge in [-0.3, -0.25) is 9.59 Å². The largest absolute Gasteiger partial charge is 0.496 e. The van der Waals surface area contributed by atoms with Crippen LogP contribution in [0.4, 0.5) is 0 Å². The zero-order valence-corrected chi connectivity index (χ0v) is 13.9. The van der Waals surface area contributed by atoms with Gasteiger partial charge in [-0.2, -0.15) is 0 Å². The molecule has 22 heavy (non-hydrogen) atoms. The van der Waals surface area contributed by atoms with E-state index in [9.17, 15) is 9.59 Å². The lowest BCUT2D eigenvalue weighted by molar-refractivity contribution is -0.885. The Morgan fingerprint density at radius 3 is 2.64 bits per heavy atom. The number of hydrogen-bond acceptors (Lipinski definition) is 3. The third kappa shape index (κ3) is 6.32. The number of halogens is 1. The van der Waals surface area contributed by atoms with Crippen LogP contribution in [0.2, 0.25) is 5.02 Å². The molecule has 122 valence electrons. The van der Waals surface area contributed by atoms with Crippen LogP contribution >= 0.6 is 11.6 Å².